The van der Waals surface area contributed by atoms with Gasteiger partial charge in [-0.05, 0) is 13.2 Å². The number of thioether (sulfide) groups is 1. The molecular weight excluding hydrogens is 245 g/mol. The molecule has 2 amide bonds. The van der Waals surface area contributed by atoms with Crippen molar-refractivity contribution in [3.05, 3.63) is 0 Å². The number of nitrogens with one attached hydrogen (secondary N) is 2. The molecule has 2 atom stereocenters. The van der Waals surface area contributed by atoms with E-state index in [-0.39, 0.29) is 11.9 Å². The van der Waals surface area contributed by atoms with E-state index in [1.807, 2.05) is 0 Å². The van der Waals surface area contributed by atoms with Crippen LogP contribution in [0.15, 0.2) is 0 Å². The number of rotatable bonds is 5. The first-order valence-corrected chi connectivity index (χ1v) is 5.83. The van der Waals surface area contributed by atoms with Crippen LogP contribution in [0.4, 0.5) is 18.0 Å². The Morgan fingerprint density at radius 1 is 1.50 bits per heavy atom. The van der Waals surface area contributed by atoms with Gasteiger partial charge >= 0.3 is 12.2 Å². The molecule has 4 nitrogen and oxygen atoms in total. The van der Waals surface area contributed by atoms with Crippen LogP contribution < -0.4 is 10.6 Å². The number of alkyl halides is 3. The molecule has 16 heavy (non-hydrogen) atoms. The van der Waals surface area contributed by atoms with Gasteiger partial charge in [0.1, 0.15) is 6.54 Å². The second kappa shape index (κ2) is 6.85. The Labute approximate surface area is 96.0 Å². The molecule has 0 aromatic carbocycles. The molecule has 0 bridgehead atoms. The Morgan fingerprint density at radius 2 is 2.06 bits per heavy atom. The Kier molecular flexibility index (Phi) is 6.58. The van der Waals surface area contributed by atoms with Crippen molar-refractivity contribution in [3.8, 4) is 0 Å². The second-order valence-electron chi connectivity index (χ2n) is 3.19. The van der Waals surface area contributed by atoms with E-state index in [0.29, 0.717) is 0 Å². The van der Waals surface area contributed by atoms with Crippen LogP contribution in [0.3, 0.4) is 0 Å². The first-order chi connectivity index (χ1) is 7.30. The summed E-state index contributed by atoms with van der Waals surface area (Å²) in [6.07, 6.45) is -2.68. The minimum absolute atomic E-state index is 0.151. The third-order valence-corrected chi connectivity index (χ3v) is 3.01. The molecule has 0 spiro atoms. The van der Waals surface area contributed by atoms with E-state index in [0.717, 1.165) is 0 Å². The molecule has 0 fully saturated rings. The van der Waals surface area contributed by atoms with Crippen LogP contribution in [0.5, 0.6) is 0 Å². The first-order valence-electron chi connectivity index (χ1n) is 4.55. The monoisotopic (exact) mass is 260 g/mol. The molecule has 0 aromatic heterocycles. The molecule has 0 saturated carbocycles. The van der Waals surface area contributed by atoms with Gasteiger partial charge in [-0.3, -0.25) is 0 Å². The lowest BCUT2D eigenvalue weighted by atomic mass is 10.2. The molecule has 0 aromatic rings. The van der Waals surface area contributed by atoms with E-state index in [1.54, 1.807) is 18.5 Å². The summed E-state index contributed by atoms with van der Waals surface area (Å²) < 4.78 is 35.3. The summed E-state index contributed by atoms with van der Waals surface area (Å²) in [5, 5.41) is 12.7. The lowest BCUT2D eigenvalue weighted by molar-refractivity contribution is -0.122. The van der Waals surface area contributed by atoms with E-state index < -0.39 is 24.8 Å². The minimum atomic E-state index is -4.42. The Morgan fingerprint density at radius 3 is 2.44 bits per heavy atom. The third-order valence-electron chi connectivity index (χ3n) is 1.85. The Bertz CT molecular complexity index is 222. The summed E-state index contributed by atoms with van der Waals surface area (Å²) in [7, 11) is 0. The number of hydrogen-bond donors (Lipinski definition) is 3. The van der Waals surface area contributed by atoms with Gasteiger partial charge in [0.05, 0.1) is 6.61 Å². The smallest absolute Gasteiger partial charge is 0.395 e. The van der Waals surface area contributed by atoms with Crippen molar-refractivity contribution in [3.63, 3.8) is 0 Å². The van der Waals surface area contributed by atoms with Crippen LogP contribution in [0, 0.1) is 0 Å². The molecule has 0 aliphatic rings. The molecule has 0 aliphatic heterocycles. The number of amides is 2. The van der Waals surface area contributed by atoms with Crippen molar-refractivity contribution in [2.45, 2.75) is 24.4 Å². The number of aliphatic hydroxyl groups excluding tert-OH is 1. The maximum absolute atomic E-state index is 11.8. The fourth-order valence-electron chi connectivity index (χ4n) is 0.968. The number of carbonyl (C=O) groups excluding carboxylic acids is 1. The molecule has 2 unspecified atom stereocenters. The topological polar surface area (TPSA) is 61.4 Å². The quantitative estimate of drug-likeness (QED) is 0.690. The van der Waals surface area contributed by atoms with Crippen LogP contribution in [-0.4, -0.2) is 48.0 Å². The average molecular weight is 260 g/mol. The van der Waals surface area contributed by atoms with E-state index in [2.05, 4.69) is 5.32 Å². The zero-order valence-electron chi connectivity index (χ0n) is 8.97. The van der Waals surface area contributed by atoms with Crippen LogP contribution >= 0.6 is 11.8 Å². The van der Waals surface area contributed by atoms with Gasteiger partial charge in [-0.25, -0.2) is 4.79 Å². The predicted molar refractivity (Wildman–Crippen MR) is 56.4 cm³/mol. The van der Waals surface area contributed by atoms with E-state index >= 15 is 0 Å². The first kappa shape index (κ1) is 15.4. The number of aliphatic hydroxyl groups is 1. The SMILES string of the molecule is CSC(CO)C(C)NC(=O)NCC(F)(F)F. The number of carbonyl (C=O) groups is 1. The normalized spacial score (nSPS) is 15.4. The standard InChI is InChI=1S/C8H15F3N2O2S/c1-5(6(3-14)16-2)13-7(15)12-4-8(9,10)11/h5-6,14H,3-4H2,1-2H3,(H2,12,13,15). The number of urea groups is 1. The average Bonchev–Trinajstić information content (AvgIpc) is 2.15. The van der Waals surface area contributed by atoms with Crippen molar-refractivity contribution in [2.24, 2.45) is 0 Å². The van der Waals surface area contributed by atoms with Crippen LogP contribution in [-0.2, 0) is 0 Å². The van der Waals surface area contributed by atoms with Gasteiger partial charge < -0.3 is 15.7 Å². The predicted octanol–water partition coefficient (Wildman–Crippen LogP) is 0.960. The fraction of sp³-hybridized carbons (Fsp3) is 0.875. The lowest BCUT2D eigenvalue weighted by Crippen LogP contribution is -2.48. The highest BCUT2D eigenvalue weighted by molar-refractivity contribution is 7.99. The maximum atomic E-state index is 11.8. The van der Waals surface area contributed by atoms with Gasteiger partial charge in [-0.15, -0.1) is 0 Å². The van der Waals surface area contributed by atoms with Gasteiger partial charge in [0, 0.05) is 11.3 Å². The molecule has 0 heterocycles. The zero-order chi connectivity index (χ0) is 12.8. The highest BCUT2D eigenvalue weighted by atomic mass is 32.2. The van der Waals surface area contributed by atoms with Crippen molar-refractivity contribution < 1.29 is 23.1 Å². The zero-order valence-corrected chi connectivity index (χ0v) is 9.78. The highest BCUT2D eigenvalue weighted by Gasteiger charge is 2.28. The van der Waals surface area contributed by atoms with Crippen LogP contribution in [0.25, 0.3) is 0 Å². The number of halogens is 3. The third kappa shape index (κ3) is 6.78. The van der Waals surface area contributed by atoms with E-state index in [1.165, 1.54) is 11.8 Å². The van der Waals surface area contributed by atoms with Gasteiger partial charge in [0.2, 0.25) is 0 Å². The maximum Gasteiger partial charge on any atom is 0.405 e. The number of hydrogen-bond acceptors (Lipinski definition) is 3. The van der Waals surface area contributed by atoms with Gasteiger partial charge in [-0.2, -0.15) is 24.9 Å². The minimum Gasteiger partial charge on any atom is -0.395 e. The summed E-state index contributed by atoms with van der Waals surface area (Å²) in [4.78, 5) is 11.0. The summed E-state index contributed by atoms with van der Waals surface area (Å²) in [5.74, 6) is 0. The van der Waals surface area contributed by atoms with Crippen molar-refractivity contribution in [2.75, 3.05) is 19.4 Å². The van der Waals surface area contributed by atoms with E-state index in [4.69, 9.17) is 5.11 Å². The summed E-state index contributed by atoms with van der Waals surface area (Å²) >= 11 is 1.33. The molecule has 8 heteroatoms. The fourth-order valence-corrected chi connectivity index (χ4v) is 1.59. The molecule has 0 saturated heterocycles. The van der Waals surface area contributed by atoms with Crippen molar-refractivity contribution >= 4 is 17.8 Å². The molecule has 0 rings (SSSR count). The van der Waals surface area contributed by atoms with Crippen LogP contribution in [0.1, 0.15) is 6.92 Å². The van der Waals surface area contributed by atoms with Crippen molar-refractivity contribution in [1.82, 2.24) is 10.6 Å². The largest absolute Gasteiger partial charge is 0.405 e. The lowest BCUT2D eigenvalue weighted by Gasteiger charge is -2.21. The Balaban J connectivity index is 3.95. The molecule has 96 valence electrons. The highest BCUT2D eigenvalue weighted by Crippen LogP contribution is 2.12. The van der Waals surface area contributed by atoms with Gasteiger partial charge in [0.25, 0.3) is 0 Å². The van der Waals surface area contributed by atoms with E-state index in [9.17, 15) is 18.0 Å². The summed E-state index contributed by atoms with van der Waals surface area (Å²) in [6.45, 7) is 0.0983. The van der Waals surface area contributed by atoms with Gasteiger partial charge in [0.15, 0.2) is 0 Å². The summed E-state index contributed by atoms with van der Waals surface area (Å²) in [6, 6.07) is -1.30. The van der Waals surface area contributed by atoms with Crippen molar-refractivity contribution in [1.29, 1.82) is 0 Å². The second-order valence-corrected chi connectivity index (χ2v) is 4.26. The molecular formula is C8H15F3N2O2S. The summed E-state index contributed by atoms with van der Waals surface area (Å²) in [5.41, 5.74) is 0. The molecule has 0 radical (unpaired) electrons. The molecule has 0 aliphatic carbocycles. The molecule has 3 N–H and O–H groups in total. The van der Waals surface area contributed by atoms with Gasteiger partial charge in [-0.1, -0.05) is 0 Å². The Hall–Kier alpha value is -0.630. The van der Waals surface area contributed by atoms with Crippen LogP contribution in [0.2, 0.25) is 0 Å².